The van der Waals surface area contributed by atoms with Gasteiger partial charge >= 0.3 is 5.69 Å². The zero-order valence-electron chi connectivity index (χ0n) is 18.1. The number of hydrogen-bond donors (Lipinski definition) is 2. The zero-order valence-corrected chi connectivity index (χ0v) is 18.9. The number of aryl methyl sites for hydroxylation is 2. The van der Waals surface area contributed by atoms with Crippen LogP contribution in [0.1, 0.15) is 34.8 Å². The van der Waals surface area contributed by atoms with Gasteiger partial charge in [-0.1, -0.05) is 0 Å². The molecule has 0 unspecified atom stereocenters. The summed E-state index contributed by atoms with van der Waals surface area (Å²) in [5.74, 6) is 0.965. The fourth-order valence-corrected chi connectivity index (χ4v) is 6.09. The van der Waals surface area contributed by atoms with Crippen LogP contribution in [0.15, 0.2) is 23.1 Å². The molecule has 2 aromatic heterocycles. The maximum absolute atomic E-state index is 14.2. The SMILES string of the molecule is Cc1cc(C(N)=O)c(F)cc1Nc1ncc2c(n1)n(C1CCS(C)(C)CC1)c(=O)n2C. The first-order valence-corrected chi connectivity index (χ1v) is 12.9. The Balaban J connectivity index is 1.72. The summed E-state index contributed by atoms with van der Waals surface area (Å²) in [5, 5.41) is 3.01. The van der Waals surface area contributed by atoms with Crippen LogP contribution in [0.4, 0.5) is 16.0 Å². The van der Waals surface area contributed by atoms with E-state index in [9.17, 15) is 14.0 Å². The number of nitrogens with one attached hydrogen (secondary N) is 1. The summed E-state index contributed by atoms with van der Waals surface area (Å²) in [4.78, 5) is 33.2. The number of aromatic nitrogens is 4. The van der Waals surface area contributed by atoms with Crippen molar-refractivity contribution in [3.05, 3.63) is 45.8 Å². The largest absolute Gasteiger partial charge is 0.366 e. The standard InChI is InChI=1S/C21H27FN6O2S/c1-12-9-14(18(23)29)15(22)10-16(12)25-20-24-11-17-19(26-20)28(21(30)27(17)2)13-5-7-31(3,4)8-6-13/h9-11,13H,5-8H2,1-4H3,(H2,23,29)(H,24,25,26). The van der Waals surface area contributed by atoms with Gasteiger partial charge in [0, 0.05) is 18.8 Å². The molecule has 1 amide bonds. The maximum Gasteiger partial charge on any atom is 0.330 e. The van der Waals surface area contributed by atoms with Gasteiger partial charge in [0.15, 0.2) is 5.65 Å². The minimum atomic E-state index is -0.824. The number of carbonyl (C=O) groups excluding carboxylic acids is 1. The number of benzene rings is 1. The van der Waals surface area contributed by atoms with Gasteiger partial charge in [-0.25, -0.2) is 24.2 Å². The number of hydrogen-bond acceptors (Lipinski definition) is 5. The van der Waals surface area contributed by atoms with E-state index in [1.165, 1.54) is 12.1 Å². The Morgan fingerprint density at radius 1 is 1.29 bits per heavy atom. The third kappa shape index (κ3) is 3.91. The molecule has 3 N–H and O–H groups in total. The van der Waals surface area contributed by atoms with Crippen LogP contribution >= 0.6 is 10.0 Å². The number of carbonyl (C=O) groups is 1. The molecule has 0 bridgehead atoms. The highest BCUT2D eigenvalue weighted by atomic mass is 32.3. The highest BCUT2D eigenvalue weighted by Gasteiger charge is 2.28. The average molecular weight is 447 g/mol. The molecular weight excluding hydrogens is 419 g/mol. The summed E-state index contributed by atoms with van der Waals surface area (Å²) in [6.07, 6.45) is 8.18. The van der Waals surface area contributed by atoms with Gasteiger partial charge in [0.25, 0.3) is 5.91 Å². The second kappa shape index (κ2) is 7.67. The van der Waals surface area contributed by atoms with Crippen molar-refractivity contribution in [1.82, 2.24) is 19.1 Å². The van der Waals surface area contributed by atoms with E-state index in [2.05, 4.69) is 27.8 Å². The van der Waals surface area contributed by atoms with E-state index >= 15 is 0 Å². The number of nitrogens with zero attached hydrogens (tertiary/aromatic N) is 4. The molecule has 3 aromatic rings. The van der Waals surface area contributed by atoms with Crippen molar-refractivity contribution in [3.8, 4) is 0 Å². The van der Waals surface area contributed by atoms with Crippen molar-refractivity contribution in [2.45, 2.75) is 25.8 Å². The molecule has 31 heavy (non-hydrogen) atoms. The molecule has 0 saturated carbocycles. The summed E-state index contributed by atoms with van der Waals surface area (Å²) in [5.41, 5.74) is 7.21. The third-order valence-corrected chi connectivity index (χ3v) is 8.71. The molecular formula is C21H27FN6O2S. The molecule has 3 heterocycles. The molecule has 10 heteroatoms. The van der Waals surface area contributed by atoms with Gasteiger partial charge in [0.1, 0.15) is 11.3 Å². The lowest BCUT2D eigenvalue weighted by Gasteiger charge is -2.39. The average Bonchev–Trinajstić information content (AvgIpc) is 2.95. The number of nitrogens with two attached hydrogens (primary N) is 1. The van der Waals surface area contributed by atoms with Crippen molar-refractivity contribution in [1.29, 1.82) is 0 Å². The second-order valence-electron chi connectivity index (χ2n) is 8.66. The summed E-state index contributed by atoms with van der Waals surface area (Å²) in [6, 6.07) is 2.70. The molecule has 0 spiro atoms. The van der Waals surface area contributed by atoms with Gasteiger partial charge in [-0.15, -0.1) is 0 Å². The predicted molar refractivity (Wildman–Crippen MR) is 123 cm³/mol. The van der Waals surface area contributed by atoms with E-state index in [1.54, 1.807) is 29.3 Å². The van der Waals surface area contributed by atoms with Gasteiger partial charge in [-0.2, -0.15) is 4.98 Å². The normalized spacial score (nSPS) is 17.6. The molecule has 1 aliphatic heterocycles. The molecule has 1 aliphatic rings. The van der Waals surface area contributed by atoms with Gasteiger partial charge < -0.3 is 11.1 Å². The molecule has 8 nitrogen and oxygen atoms in total. The highest BCUT2D eigenvalue weighted by molar-refractivity contribution is 8.32. The Hall–Kier alpha value is -2.88. The first-order valence-electron chi connectivity index (χ1n) is 10.1. The summed E-state index contributed by atoms with van der Waals surface area (Å²) >= 11 is 0. The number of primary amides is 1. The lowest BCUT2D eigenvalue weighted by Crippen LogP contribution is -2.31. The number of rotatable bonds is 4. The van der Waals surface area contributed by atoms with Crippen LogP contribution in [0.2, 0.25) is 0 Å². The van der Waals surface area contributed by atoms with Crippen molar-refractivity contribution in [2.24, 2.45) is 12.8 Å². The van der Waals surface area contributed by atoms with E-state index in [1.807, 2.05) is 0 Å². The number of imidazole rings is 1. The summed E-state index contributed by atoms with van der Waals surface area (Å²) in [7, 11) is 1.13. The van der Waals surface area contributed by atoms with Gasteiger partial charge in [-0.05, 0) is 61.5 Å². The Bertz CT molecular complexity index is 1240. The van der Waals surface area contributed by atoms with Crippen molar-refractivity contribution < 1.29 is 9.18 Å². The monoisotopic (exact) mass is 446 g/mol. The minimum absolute atomic E-state index is 0.103. The fourth-order valence-electron chi connectivity index (χ4n) is 4.07. The third-order valence-electron chi connectivity index (χ3n) is 6.03. The van der Waals surface area contributed by atoms with Crippen LogP contribution in [0, 0.1) is 12.7 Å². The van der Waals surface area contributed by atoms with E-state index in [0.717, 1.165) is 24.3 Å². The van der Waals surface area contributed by atoms with Gasteiger partial charge in [0.2, 0.25) is 5.95 Å². The Morgan fingerprint density at radius 2 is 1.97 bits per heavy atom. The van der Waals surface area contributed by atoms with Crippen molar-refractivity contribution in [2.75, 3.05) is 29.3 Å². The minimum Gasteiger partial charge on any atom is -0.366 e. The van der Waals surface area contributed by atoms with Crippen LogP contribution in [0.3, 0.4) is 0 Å². The van der Waals surface area contributed by atoms with Crippen molar-refractivity contribution >= 4 is 38.7 Å². The number of anilines is 2. The predicted octanol–water partition coefficient (Wildman–Crippen LogP) is 2.82. The van der Waals surface area contributed by atoms with Crippen LogP contribution in [-0.2, 0) is 7.05 Å². The molecule has 0 radical (unpaired) electrons. The molecule has 0 aliphatic carbocycles. The molecule has 1 aromatic carbocycles. The first kappa shape index (κ1) is 21.4. The molecule has 4 rings (SSSR count). The Morgan fingerprint density at radius 3 is 2.61 bits per heavy atom. The lowest BCUT2D eigenvalue weighted by molar-refractivity contribution is 0.0996. The van der Waals surface area contributed by atoms with Crippen LogP contribution in [0.25, 0.3) is 11.2 Å². The van der Waals surface area contributed by atoms with Gasteiger partial charge in [0.05, 0.1) is 11.8 Å². The number of halogens is 1. The Labute approximate surface area is 181 Å². The summed E-state index contributed by atoms with van der Waals surface area (Å²) in [6.45, 7) is 1.73. The zero-order chi connectivity index (χ0) is 22.5. The number of fused-ring (bicyclic) bond motifs is 1. The van der Waals surface area contributed by atoms with E-state index < -0.39 is 21.8 Å². The lowest BCUT2D eigenvalue weighted by atomic mass is 10.1. The maximum atomic E-state index is 14.2. The number of amides is 1. The van der Waals surface area contributed by atoms with E-state index in [4.69, 9.17) is 5.73 Å². The summed E-state index contributed by atoms with van der Waals surface area (Å²) < 4.78 is 17.6. The van der Waals surface area contributed by atoms with Crippen LogP contribution in [0.5, 0.6) is 0 Å². The van der Waals surface area contributed by atoms with Crippen LogP contribution in [-0.4, -0.2) is 49.0 Å². The van der Waals surface area contributed by atoms with Gasteiger partial charge in [-0.3, -0.25) is 13.9 Å². The second-order valence-corrected chi connectivity index (χ2v) is 13.0. The Kier molecular flexibility index (Phi) is 5.28. The quantitative estimate of drug-likeness (QED) is 0.641. The topological polar surface area (TPSA) is 108 Å². The van der Waals surface area contributed by atoms with E-state index in [-0.39, 0.29) is 23.2 Å². The molecule has 1 fully saturated rings. The first-order chi connectivity index (χ1) is 14.6. The fraction of sp³-hybridized carbons (Fsp3) is 0.429. The molecule has 1 saturated heterocycles. The van der Waals surface area contributed by atoms with Crippen LogP contribution < -0.4 is 16.7 Å². The highest BCUT2D eigenvalue weighted by Crippen LogP contribution is 2.47. The smallest absolute Gasteiger partial charge is 0.330 e. The molecule has 0 atom stereocenters. The van der Waals surface area contributed by atoms with Crippen molar-refractivity contribution in [3.63, 3.8) is 0 Å². The van der Waals surface area contributed by atoms with E-state index in [0.29, 0.717) is 22.4 Å². The molecule has 166 valence electrons.